The molecule has 1 amide bonds. The predicted molar refractivity (Wildman–Crippen MR) is 176 cm³/mol. The predicted octanol–water partition coefficient (Wildman–Crippen LogP) is 5.75. The maximum absolute atomic E-state index is 14.2. The number of benzene rings is 4. The van der Waals surface area contributed by atoms with Crippen LogP contribution in [0.25, 0.3) is 6.08 Å². The molecule has 11 heteroatoms. The number of amides is 1. The number of ether oxygens (including phenoxy) is 3. The normalized spacial score (nSPS) is 14.3. The van der Waals surface area contributed by atoms with Gasteiger partial charge in [0.1, 0.15) is 23.9 Å². The van der Waals surface area contributed by atoms with Crippen molar-refractivity contribution in [3.63, 3.8) is 0 Å². The minimum absolute atomic E-state index is 0.0643. The van der Waals surface area contributed by atoms with E-state index in [0.717, 1.165) is 12.1 Å². The van der Waals surface area contributed by atoms with Gasteiger partial charge in [-0.25, -0.2) is 13.8 Å². The smallest absolute Gasteiger partial charge is 0.271 e. The van der Waals surface area contributed by atoms with Gasteiger partial charge >= 0.3 is 0 Å². The summed E-state index contributed by atoms with van der Waals surface area (Å²) in [6, 6.07) is 23.9. The first-order chi connectivity index (χ1) is 22.7. The third kappa shape index (κ3) is 6.56. The van der Waals surface area contributed by atoms with Crippen molar-refractivity contribution in [2.45, 2.75) is 19.6 Å². The molecule has 0 saturated heterocycles. The molecule has 0 fully saturated rings. The number of carbonyl (C=O) groups is 1. The molecular formula is C36H29F2N3O5S. The minimum Gasteiger partial charge on any atom is -0.497 e. The van der Waals surface area contributed by atoms with Crippen LogP contribution in [0.2, 0.25) is 0 Å². The van der Waals surface area contributed by atoms with E-state index in [-0.39, 0.29) is 23.8 Å². The Balaban J connectivity index is 1.40. The Bertz CT molecular complexity index is 2180. The molecule has 8 nitrogen and oxygen atoms in total. The molecule has 47 heavy (non-hydrogen) atoms. The maximum atomic E-state index is 14.2. The first-order valence-electron chi connectivity index (χ1n) is 14.5. The summed E-state index contributed by atoms with van der Waals surface area (Å²) in [7, 11) is 3.07. The van der Waals surface area contributed by atoms with Crippen molar-refractivity contribution in [1.29, 1.82) is 0 Å². The zero-order valence-electron chi connectivity index (χ0n) is 25.6. The minimum atomic E-state index is -0.820. The highest BCUT2D eigenvalue weighted by Crippen LogP contribution is 2.32. The summed E-state index contributed by atoms with van der Waals surface area (Å²) in [5, 5.41) is 2.94. The molecule has 0 spiro atoms. The molecule has 1 aromatic heterocycles. The summed E-state index contributed by atoms with van der Waals surface area (Å²) in [4.78, 5) is 33.0. The molecule has 4 aromatic carbocycles. The van der Waals surface area contributed by atoms with E-state index in [1.54, 1.807) is 62.6 Å². The molecule has 0 unspecified atom stereocenters. The summed E-state index contributed by atoms with van der Waals surface area (Å²) >= 11 is 1.20. The molecule has 1 N–H and O–H groups in total. The number of fused-ring (bicyclic) bond motifs is 1. The van der Waals surface area contributed by atoms with E-state index in [1.165, 1.54) is 29.1 Å². The number of nitrogens with zero attached hydrogens (tertiary/aromatic N) is 2. The lowest BCUT2D eigenvalue weighted by molar-refractivity contribution is -0.113. The Morgan fingerprint density at radius 3 is 2.40 bits per heavy atom. The van der Waals surface area contributed by atoms with Crippen LogP contribution < -0.4 is 34.4 Å². The highest BCUT2D eigenvalue weighted by atomic mass is 32.1. The average Bonchev–Trinajstić information content (AvgIpc) is 3.37. The molecular weight excluding hydrogens is 624 g/mol. The molecule has 0 bridgehead atoms. The number of halogens is 2. The van der Waals surface area contributed by atoms with Crippen molar-refractivity contribution in [2.24, 2.45) is 4.99 Å². The number of carbonyl (C=O) groups excluding carboxylic acids is 1. The van der Waals surface area contributed by atoms with Gasteiger partial charge in [-0.1, -0.05) is 47.7 Å². The highest BCUT2D eigenvalue weighted by molar-refractivity contribution is 7.07. The van der Waals surface area contributed by atoms with Crippen LogP contribution >= 0.6 is 11.3 Å². The molecule has 5 aromatic rings. The number of thiazole rings is 1. The number of nitrogens with one attached hydrogen (secondary N) is 1. The van der Waals surface area contributed by atoms with Gasteiger partial charge in [-0.15, -0.1) is 0 Å². The molecule has 1 aliphatic heterocycles. The van der Waals surface area contributed by atoms with Gasteiger partial charge in [0.05, 0.1) is 36.1 Å². The number of rotatable bonds is 9. The van der Waals surface area contributed by atoms with Gasteiger partial charge < -0.3 is 19.5 Å². The average molecular weight is 654 g/mol. The summed E-state index contributed by atoms with van der Waals surface area (Å²) in [6.07, 6.45) is 1.72. The highest BCUT2D eigenvalue weighted by Gasteiger charge is 2.32. The van der Waals surface area contributed by atoms with Gasteiger partial charge in [-0.05, 0) is 72.7 Å². The van der Waals surface area contributed by atoms with Crippen LogP contribution in [0.1, 0.15) is 29.7 Å². The van der Waals surface area contributed by atoms with E-state index in [0.29, 0.717) is 54.5 Å². The lowest BCUT2D eigenvalue weighted by Gasteiger charge is -2.25. The first kappa shape index (κ1) is 31.4. The second kappa shape index (κ2) is 13.4. The van der Waals surface area contributed by atoms with E-state index in [9.17, 15) is 18.4 Å². The monoisotopic (exact) mass is 653 g/mol. The number of hydrogen-bond acceptors (Lipinski definition) is 7. The fourth-order valence-corrected chi connectivity index (χ4v) is 6.38. The summed E-state index contributed by atoms with van der Waals surface area (Å²) < 4.78 is 45.9. The second-order valence-corrected chi connectivity index (χ2v) is 11.6. The van der Waals surface area contributed by atoms with Gasteiger partial charge in [0.25, 0.3) is 11.5 Å². The standard InChI is InChI=1S/C36H29F2N3O5S/c1-21-32(34(42)40-26-7-5-4-6-8-26)33(23-10-13-27(44-2)14-11-23)41-35(43)31(47-36(41)39-21)18-22-9-15-29(45-3)24(17-22)20-46-30-16-12-25(37)19-28(30)38/h4-19,33H,20H2,1-3H3,(H,40,42)/b31-18+/t33-/m1/s1. The van der Waals surface area contributed by atoms with Crippen LogP contribution in [0.4, 0.5) is 14.5 Å². The number of aromatic nitrogens is 1. The van der Waals surface area contributed by atoms with Crippen LogP contribution in [-0.4, -0.2) is 24.7 Å². The molecule has 0 aliphatic carbocycles. The van der Waals surface area contributed by atoms with Crippen LogP contribution in [-0.2, 0) is 11.4 Å². The van der Waals surface area contributed by atoms with E-state index in [1.807, 2.05) is 30.3 Å². The lowest BCUT2D eigenvalue weighted by atomic mass is 9.95. The van der Waals surface area contributed by atoms with Crippen molar-refractivity contribution in [3.8, 4) is 17.2 Å². The molecule has 2 heterocycles. The lowest BCUT2D eigenvalue weighted by Crippen LogP contribution is -2.40. The van der Waals surface area contributed by atoms with E-state index in [4.69, 9.17) is 19.2 Å². The molecule has 0 saturated carbocycles. The zero-order chi connectivity index (χ0) is 33.1. The third-order valence-corrected chi connectivity index (χ3v) is 8.59. The summed E-state index contributed by atoms with van der Waals surface area (Å²) in [5.74, 6) is -0.865. The number of hydrogen-bond donors (Lipinski definition) is 1. The molecule has 6 rings (SSSR count). The van der Waals surface area contributed by atoms with Gasteiger partial charge in [0, 0.05) is 17.3 Å². The topological polar surface area (TPSA) is 91.2 Å². The molecule has 1 atom stereocenters. The number of methoxy groups -OCH3 is 2. The van der Waals surface area contributed by atoms with Gasteiger partial charge in [0.15, 0.2) is 16.4 Å². The van der Waals surface area contributed by atoms with E-state index in [2.05, 4.69) is 5.32 Å². The fraction of sp³-hybridized carbons (Fsp3) is 0.139. The van der Waals surface area contributed by atoms with Crippen molar-refractivity contribution in [1.82, 2.24) is 4.57 Å². The van der Waals surface area contributed by atoms with Crippen molar-refractivity contribution in [2.75, 3.05) is 19.5 Å². The summed E-state index contributed by atoms with van der Waals surface area (Å²) in [6.45, 7) is 1.69. The van der Waals surface area contributed by atoms with Crippen LogP contribution in [0.15, 0.2) is 112 Å². The van der Waals surface area contributed by atoms with Gasteiger partial charge in [-0.3, -0.25) is 14.2 Å². The number of anilines is 1. The van der Waals surface area contributed by atoms with Crippen molar-refractivity contribution in [3.05, 3.63) is 150 Å². The second-order valence-electron chi connectivity index (χ2n) is 10.6. The molecule has 238 valence electrons. The number of para-hydroxylation sites is 1. The van der Waals surface area contributed by atoms with Crippen molar-refractivity contribution >= 4 is 29.0 Å². The quantitative estimate of drug-likeness (QED) is 0.219. The fourth-order valence-electron chi connectivity index (χ4n) is 5.33. The Labute approximate surface area is 272 Å². The Morgan fingerprint density at radius 1 is 0.957 bits per heavy atom. The Hall–Kier alpha value is -5.55. The van der Waals surface area contributed by atoms with Crippen LogP contribution in [0.5, 0.6) is 17.2 Å². The number of allylic oxidation sites excluding steroid dienone is 1. The molecule has 1 aliphatic rings. The maximum Gasteiger partial charge on any atom is 0.271 e. The third-order valence-electron chi connectivity index (χ3n) is 7.61. The van der Waals surface area contributed by atoms with E-state index < -0.39 is 17.7 Å². The molecule has 0 radical (unpaired) electrons. The largest absolute Gasteiger partial charge is 0.497 e. The van der Waals surface area contributed by atoms with Crippen LogP contribution in [0, 0.1) is 11.6 Å². The van der Waals surface area contributed by atoms with Crippen LogP contribution in [0.3, 0.4) is 0 Å². The first-order valence-corrected chi connectivity index (χ1v) is 15.3. The SMILES string of the molecule is COc1ccc([C@@H]2C(C(=O)Nc3ccccc3)=C(C)N=c3s/c(=C/c4ccc(OC)c(COc5ccc(F)cc5F)c4)c(=O)n32)cc1. The summed E-state index contributed by atoms with van der Waals surface area (Å²) in [5.41, 5.74) is 3.08. The van der Waals surface area contributed by atoms with Crippen molar-refractivity contribution < 1.29 is 27.8 Å². The Morgan fingerprint density at radius 2 is 1.70 bits per heavy atom. The van der Waals surface area contributed by atoms with Gasteiger partial charge in [-0.2, -0.15) is 0 Å². The van der Waals surface area contributed by atoms with E-state index >= 15 is 0 Å². The zero-order valence-corrected chi connectivity index (χ0v) is 26.4. The Kier molecular flexibility index (Phi) is 8.99. The van der Waals surface area contributed by atoms with Gasteiger partial charge in [0.2, 0.25) is 0 Å².